The van der Waals surface area contributed by atoms with Crippen molar-refractivity contribution >= 4 is 21.6 Å². The van der Waals surface area contributed by atoms with Crippen LogP contribution in [0.25, 0.3) is 10.2 Å². The van der Waals surface area contributed by atoms with Gasteiger partial charge in [0, 0.05) is 6.54 Å². The maximum absolute atomic E-state index is 12.5. The molecule has 0 bridgehead atoms. The molecule has 0 aliphatic carbocycles. The predicted molar refractivity (Wildman–Crippen MR) is 87.6 cm³/mol. The molecule has 2 aromatic heterocycles. The molecule has 0 atom stereocenters. The largest absolute Gasteiger partial charge is 0.395 e. The summed E-state index contributed by atoms with van der Waals surface area (Å²) in [6.45, 7) is 0.295. The molecule has 0 unspecified atom stereocenters. The molecule has 0 spiro atoms. The average Bonchev–Trinajstić information content (AvgIpc) is 3.02. The van der Waals surface area contributed by atoms with Gasteiger partial charge in [0.1, 0.15) is 4.83 Å². The molecular weight excluding hydrogens is 300 g/mol. The van der Waals surface area contributed by atoms with E-state index in [1.54, 1.807) is 10.6 Å². The van der Waals surface area contributed by atoms with Crippen molar-refractivity contribution in [1.82, 2.24) is 9.13 Å². The number of thiophene rings is 1. The lowest BCUT2D eigenvalue weighted by molar-refractivity contribution is 0.270. The second-order valence-corrected chi connectivity index (χ2v) is 5.88. The first-order valence-corrected chi connectivity index (χ1v) is 7.96. The minimum atomic E-state index is -0.357. The van der Waals surface area contributed by atoms with Crippen LogP contribution in [0.15, 0.2) is 51.4 Å². The zero-order chi connectivity index (χ0) is 15.5. The normalized spacial score (nSPS) is 11.1. The standard InChI is InChI=1S/C16H16N2O3S/c19-10-9-17-14(20)13-7-11-22-15(13)18(16(17)21)8-6-12-4-2-1-3-5-12/h1-5,7,11,19H,6,8-10H2. The van der Waals surface area contributed by atoms with Crippen molar-refractivity contribution in [2.24, 2.45) is 0 Å². The molecule has 1 N–H and O–H groups in total. The molecule has 0 aliphatic heterocycles. The van der Waals surface area contributed by atoms with E-state index in [0.29, 0.717) is 23.2 Å². The van der Waals surface area contributed by atoms with E-state index >= 15 is 0 Å². The van der Waals surface area contributed by atoms with Crippen molar-refractivity contribution in [3.63, 3.8) is 0 Å². The number of aliphatic hydroxyl groups is 1. The van der Waals surface area contributed by atoms with Crippen molar-refractivity contribution in [2.45, 2.75) is 19.5 Å². The highest BCUT2D eigenvalue weighted by Crippen LogP contribution is 2.16. The summed E-state index contributed by atoms with van der Waals surface area (Å²) >= 11 is 1.39. The Bertz CT molecular complexity index is 893. The van der Waals surface area contributed by atoms with Gasteiger partial charge in [-0.05, 0) is 23.4 Å². The summed E-state index contributed by atoms with van der Waals surface area (Å²) in [4.78, 5) is 25.5. The Morgan fingerprint density at radius 3 is 2.50 bits per heavy atom. The molecule has 3 rings (SSSR count). The molecule has 6 heteroatoms. The van der Waals surface area contributed by atoms with Gasteiger partial charge in [-0.15, -0.1) is 11.3 Å². The van der Waals surface area contributed by atoms with Gasteiger partial charge in [0.2, 0.25) is 0 Å². The molecule has 5 nitrogen and oxygen atoms in total. The Labute approximate surface area is 130 Å². The number of aromatic nitrogens is 2. The van der Waals surface area contributed by atoms with Gasteiger partial charge in [-0.25, -0.2) is 4.79 Å². The number of hydrogen-bond acceptors (Lipinski definition) is 4. The molecule has 0 saturated carbocycles. The van der Waals surface area contributed by atoms with E-state index in [2.05, 4.69) is 0 Å². The molecule has 3 aromatic rings. The summed E-state index contributed by atoms with van der Waals surface area (Å²) in [6, 6.07) is 11.6. The summed E-state index contributed by atoms with van der Waals surface area (Å²) in [5.74, 6) is 0. The molecule has 0 saturated heterocycles. The lowest BCUT2D eigenvalue weighted by atomic mass is 10.1. The maximum atomic E-state index is 12.5. The number of aryl methyl sites for hydroxylation is 2. The van der Waals surface area contributed by atoms with E-state index in [1.807, 2.05) is 35.7 Å². The Morgan fingerprint density at radius 2 is 1.77 bits per heavy atom. The number of aliphatic hydroxyl groups excluding tert-OH is 1. The van der Waals surface area contributed by atoms with Gasteiger partial charge in [-0.3, -0.25) is 13.9 Å². The van der Waals surface area contributed by atoms with Crippen LogP contribution >= 0.6 is 11.3 Å². The van der Waals surface area contributed by atoms with Crippen LogP contribution in [0.4, 0.5) is 0 Å². The van der Waals surface area contributed by atoms with Crippen LogP contribution in [-0.4, -0.2) is 20.8 Å². The lowest BCUT2D eigenvalue weighted by Crippen LogP contribution is -2.40. The molecule has 0 aliphatic rings. The highest BCUT2D eigenvalue weighted by atomic mass is 32.1. The van der Waals surface area contributed by atoms with Crippen LogP contribution in [-0.2, 0) is 19.5 Å². The van der Waals surface area contributed by atoms with Gasteiger partial charge in [-0.1, -0.05) is 30.3 Å². The van der Waals surface area contributed by atoms with Crippen LogP contribution in [0.1, 0.15) is 5.56 Å². The van der Waals surface area contributed by atoms with E-state index < -0.39 is 0 Å². The topological polar surface area (TPSA) is 64.2 Å². The SMILES string of the molecule is O=c1c2ccsc2n(CCc2ccccc2)c(=O)n1CCO. The van der Waals surface area contributed by atoms with Crippen LogP contribution in [0, 0.1) is 0 Å². The second-order valence-electron chi connectivity index (χ2n) is 4.99. The van der Waals surface area contributed by atoms with E-state index in [4.69, 9.17) is 5.11 Å². The summed E-state index contributed by atoms with van der Waals surface area (Å²) in [5.41, 5.74) is 0.454. The van der Waals surface area contributed by atoms with Crippen molar-refractivity contribution in [2.75, 3.05) is 6.61 Å². The van der Waals surface area contributed by atoms with E-state index in [1.165, 1.54) is 11.3 Å². The van der Waals surface area contributed by atoms with Gasteiger partial charge < -0.3 is 5.11 Å². The first-order valence-electron chi connectivity index (χ1n) is 7.08. The van der Waals surface area contributed by atoms with Crippen molar-refractivity contribution in [3.05, 3.63) is 68.2 Å². The third-order valence-corrected chi connectivity index (χ3v) is 4.55. The molecule has 0 fully saturated rings. The van der Waals surface area contributed by atoms with Crippen LogP contribution < -0.4 is 11.2 Å². The zero-order valence-electron chi connectivity index (χ0n) is 11.9. The maximum Gasteiger partial charge on any atom is 0.332 e. The molecular formula is C16H16N2O3S. The fourth-order valence-corrected chi connectivity index (χ4v) is 3.43. The highest BCUT2D eigenvalue weighted by molar-refractivity contribution is 7.16. The predicted octanol–water partition coefficient (Wildman–Crippen LogP) is 1.46. The van der Waals surface area contributed by atoms with Crippen molar-refractivity contribution in [3.8, 4) is 0 Å². The summed E-state index contributed by atoms with van der Waals surface area (Å²) < 4.78 is 2.74. The molecule has 0 amide bonds. The minimum absolute atomic E-state index is 0.0226. The molecule has 0 radical (unpaired) electrons. The minimum Gasteiger partial charge on any atom is -0.395 e. The summed E-state index contributed by atoms with van der Waals surface area (Å²) in [6.07, 6.45) is 0.713. The zero-order valence-corrected chi connectivity index (χ0v) is 12.8. The Hall–Kier alpha value is -2.18. The second kappa shape index (κ2) is 6.29. The van der Waals surface area contributed by atoms with Gasteiger partial charge >= 0.3 is 5.69 Å². The monoisotopic (exact) mass is 316 g/mol. The number of benzene rings is 1. The third-order valence-electron chi connectivity index (χ3n) is 3.62. The number of rotatable bonds is 5. The van der Waals surface area contributed by atoms with Gasteiger partial charge in [-0.2, -0.15) is 0 Å². The summed E-state index contributed by atoms with van der Waals surface area (Å²) in [5, 5.41) is 11.4. The van der Waals surface area contributed by atoms with Gasteiger partial charge in [0.15, 0.2) is 0 Å². The number of fused-ring (bicyclic) bond motifs is 1. The van der Waals surface area contributed by atoms with E-state index in [-0.39, 0.29) is 24.4 Å². The Morgan fingerprint density at radius 1 is 1.00 bits per heavy atom. The van der Waals surface area contributed by atoms with Gasteiger partial charge in [0.25, 0.3) is 5.56 Å². The molecule has 22 heavy (non-hydrogen) atoms. The molecule has 1 aromatic carbocycles. The van der Waals surface area contributed by atoms with Crippen LogP contribution in [0.5, 0.6) is 0 Å². The fourth-order valence-electron chi connectivity index (χ4n) is 2.52. The molecule has 2 heterocycles. The smallest absolute Gasteiger partial charge is 0.332 e. The quantitative estimate of drug-likeness (QED) is 0.775. The highest BCUT2D eigenvalue weighted by Gasteiger charge is 2.13. The first kappa shape index (κ1) is 14.7. The first-order chi connectivity index (χ1) is 10.7. The van der Waals surface area contributed by atoms with Crippen LogP contribution in [0.2, 0.25) is 0 Å². The Balaban J connectivity index is 2.06. The third kappa shape index (κ3) is 2.63. The van der Waals surface area contributed by atoms with Gasteiger partial charge in [0.05, 0.1) is 18.5 Å². The van der Waals surface area contributed by atoms with Crippen molar-refractivity contribution in [1.29, 1.82) is 0 Å². The lowest BCUT2D eigenvalue weighted by Gasteiger charge is -2.11. The molecule has 114 valence electrons. The van der Waals surface area contributed by atoms with Crippen molar-refractivity contribution < 1.29 is 5.11 Å². The van der Waals surface area contributed by atoms with Crippen LogP contribution in [0.3, 0.4) is 0 Å². The van der Waals surface area contributed by atoms with E-state index in [9.17, 15) is 9.59 Å². The fraction of sp³-hybridized carbons (Fsp3) is 0.250. The average molecular weight is 316 g/mol. The number of hydrogen-bond donors (Lipinski definition) is 1. The Kier molecular flexibility index (Phi) is 4.22. The number of nitrogens with zero attached hydrogens (tertiary/aromatic N) is 2. The summed E-state index contributed by atoms with van der Waals surface area (Å²) in [7, 11) is 0. The van der Waals surface area contributed by atoms with E-state index in [0.717, 1.165) is 10.1 Å².